The molecule has 2 unspecified atom stereocenters. The normalized spacial score (nSPS) is 23.7. The predicted octanol–water partition coefficient (Wildman–Crippen LogP) is 2.75. The van der Waals surface area contributed by atoms with Crippen molar-refractivity contribution in [2.45, 2.75) is 31.1 Å². The van der Waals surface area contributed by atoms with Crippen LogP contribution in [0.4, 0.5) is 5.69 Å². The Bertz CT molecular complexity index is 560. The first-order chi connectivity index (χ1) is 8.90. The summed E-state index contributed by atoms with van der Waals surface area (Å²) < 4.78 is 27.9. The Balaban J connectivity index is 2.12. The molecule has 1 aromatic rings. The first-order valence-corrected chi connectivity index (χ1v) is 8.72. The molecule has 4 nitrogen and oxygen atoms in total. The van der Waals surface area contributed by atoms with Crippen LogP contribution in [0.2, 0.25) is 0 Å². The highest BCUT2D eigenvalue weighted by atomic mass is 79.9. The molecular formula is C13H19BrN2O2S. The minimum Gasteiger partial charge on any atom is -0.398 e. The summed E-state index contributed by atoms with van der Waals surface area (Å²) in [7, 11) is -3.53. The number of rotatable bonds is 4. The van der Waals surface area contributed by atoms with E-state index in [2.05, 4.69) is 27.6 Å². The molecule has 2 rings (SSSR count). The third-order valence-corrected chi connectivity index (χ3v) is 5.81. The van der Waals surface area contributed by atoms with Gasteiger partial charge in [-0.15, -0.1) is 0 Å². The van der Waals surface area contributed by atoms with Crippen molar-refractivity contribution in [3.8, 4) is 0 Å². The van der Waals surface area contributed by atoms with E-state index in [4.69, 9.17) is 5.73 Å². The first-order valence-electron chi connectivity index (χ1n) is 6.45. The summed E-state index contributed by atoms with van der Waals surface area (Å²) in [5.74, 6) is 1.02. The zero-order valence-corrected chi connectivity index (χ0v) is 13.3. The van der Waals surface area contributed by atoms with Gasteiger partial charge in [-0.3, -0.25) is 0 Å². The van der Waals surface area contributed by atoms with Gasteiger partial charge in [-0.05, 0) is 36.5 Å². The molecule has 0 saturated heterocycles. The van der Waals surface area contributed by atoms with Crippen molar-refractivity contribution in [3.63, 3.8) is 0 Å². The van der Waals surface area contributed by atoms with Gasteiger partial charge in [0.15, 0.2) is 0 Å². The Labute approximate surface area is 122 Å². The van der Waals surface area contributed by atoms with E-state index >= 15 is 0 Å². The monoisotopic (exact) mass is 346 g/mol. The number of nitrogen functional groups attached to an aromatic ring is 1. The number of nitrogens with two attached hydrogens (primary N) is 1. The van der Waals surface area contributed by atoms with E-state index in [0.29, 0.717) is 22.9 Å². The van der Waals surface area contributed by atoms with Crippen LogP contribution in [0.1, 0.15) is 26.2 Å². The highest BCUT2D eigenvalue weighted by molar-refractivity contribution is 9.10. The minimum atomic E-state index is -3.53. The van der Waals surface area contributed by atoms with Crippen LogP contribution in [-0.2, 0) is 10.0 Å². The fourth-order valence-corrected chi connectivity index (χ4v) is 4.32. The molecule has 1 aliphatic carbocycles. The lowest BCUT2D eigenvalue weighted by Crippen LogP contribution is -2.30. The van der Waals surface area contributed by atoms with E-state index in [9.17, 15) is 8.42 Å². The molecule has 0 heterocycles. The van der Waals surface area contributed by atoms with E-state index in [1.54, 1.807) is 12.1 Å². The topological polar surface area (TPSA) is 72.2 Å². The van der Waals surface area contributed by atoms with Gasteiger partial charge in [0, 0.05) is 11.0 Å². The molecule has 0 aromatic heterocycles. The minimum absolute atomic E-state index is 0.146. The van der Waals surface area contributed by atoms with Crippen LogP contribution < -0.4 is 10.5 Å². The molecule has 0 amide bonds. The summed E-state index contributed by atoms with van der Waals surface area (Å²) in [6.07, 6.45) is 3.47. The second-order valence-electron chi connectivity index (χ2n) is 5.20. The molecule has 1 fully saturated rings. The SMILES string of the molecule is CC1CCCC1CNS(=O)(=O)c1cc(Br)ccc1N. The smallest absolute Gasteiger partial charge is 0.242 e. The van der Waals surface area contributed by atoms with Crippen LogP contribution in [-0.4, -0.2) is 15.0 Å². The summed E-state index contributed by atoms with van der Waals surface area (Å²) >= 11 is 3.27. The lowest BCUT2D eigenvalue weighted by molar-refractivity contribution is 0.414. The second-order valence-corrected chi connectivity index (χ2v) is 7.85. The van der Waals surface area contributed by atoms with Crippen molar-refractivity contribution in [1.82, 2.24) is 4.72 Å². The number of anilines is 1. The first kappa shape index (κ1) is 14.8. The summed E-state index contributed by atoms with van der Waals surface area (Å²) in [6, 6.07) is 4.86. The van der Waals surface area contributed by atoms with Gasteiger partial charge in [0.25, 0.3) is 0 Å². The number of nitrogens with one attached hydrogen (secondary N) is 1. The Morgan fingerprint density at radius 2 is 2.16 bits per heavy atom. The van der Waals surface area contributed by atoms with Crippen LogP contribution in [0, 0.1) is 11.8 Å². The Kier molecular flexibility index (Phi) is 4.53. The van der Waals surface area contributed by atoms with Gasteiger partial charge in [0.2, 0.25) is 10.0 Å². The van der Waals surface area contributed by atoms with Crippen LogP contribution >= 0.6 is 15.9 Å². The Morgan fingerprint density at radius 1 is 1.42 bits per heavy atom. The van der Waals surface area contributed by atoms with E-state index < -0.39 is 10.0 Å². The summed E-state index contributed by atoms with van der Waals surface area (Å²) in [6.45, 7) is 2.68. The maximum atomic E-state index is 12.3. The Morgan fingerprint density at radius 3 is 2.79 bits per heavy atom. The number of sulfonamides is 1. The van der Waals surface area contributed by atoms with Crippen molar-refractivity contribution < 1.29 is 8.42 Å². The van der Waals surface area contributed by atoms with Crippen molar-refractivity contribution in [2.75, 3.05) is 12.3 Å². The lowest BCUT2D eigenvalue weighted by atomic mass is 9.99. The molecule has 1 aliphatic rings. The van der Waals surface area contributed by atoms with Gasteiger partial charge in [-0.25, -0.2) is 13.1 Å². The van der Waals surface area contributed by atoms with Crippen molar-refractivity contribution in [2.24, 2.45) is 11.8 Å². The summed E-state index contributed by atoms with van der Waals surface area (Å²) in [5, 5.41) is 0. The zero-order chi connectivity index (χ0) is 14.0. The van der Waals surface area contributed by atoms with Gasteiger partial charge < -0.3 is 5.73 Å². The van der Waals surface area contributed by atoms with E-state index in [0.717, 1.165) is 6.42 Å². The van der Waals surface area contributed by atoms with Crippen LogP contribution in [0.3, 0.4) is 0 Å². The van der Waals surface area contributed by atoms with Crippen LogP contribution in [0.15, 0.2) is 27.6 Å². The number of hydrogen-bond donors (Lipinski definition) is 2. The third kappa shape index (κ3) is 3.49. The molecule has 0 bridgehead atoms. The number of hydrogen-bond acceptors (Lipinski definition) is 3. The standard InChI is InChI=1S/C13H19BrN2O2S/c1-9-3-2-4-10(9)8-16-19(17,18)13-7-11(14)5-6-12(13)15/h5-7,9-10,16H,2-4,8,15H2,1H3. The highest BCUT2D eigenvalue weighted by Crippen LogP contribution is 2.31. The van der Waals surface area contributed by atoms with E-state index in [-0.39, 0.29) is 10.6 Å². The van der Waals surface area contributed by atoms with E-state index in [1.807, 2.05) is 0 Å². The molecule has 0 aliphatic heterocycles. The Hall–Kier alpha value is -0.590. The molecule has 0 spiro atoms. The maximum Gasteiger partial charge on any atom is 0.242 e. The molecule has 19 heavy (non-hydrogen) atoms. The molecule has 3 N–H and O–H groups in total. The average molecular weight is 347 g/mol. The largest absolute Gasteiger partial charge is 0.398 e. The van der Waals surface area contributed by atoms with Gasteiger partial charge >= 0.3 is 0 Å². The predicted molar refractivity (Wildman–Crippen MR) is 80.2 cm³/mol. The van der Waals surface area contributed by atoms with Gasteiger partial charge in [0.05, 0.1) is 5.69 Å². The molecule has 1 saturated carbocycles. The zero-order valence-electron chi connectivity index (χ0n) is 10.9. The molecular weight excluding hydrogens is 328 g/mol. The fraction of sp³-hybridized carbons (Fsp3) is 0.538. The lowest BCUT2D eigenvalue weighted by Gasteiger charge is -2.16. The van der Waals surface area contributed by atoms with Gasteiger partial charge in [-0.2, -0.15) is 0 Å². The number of benzene rings is 1. The molecule has 106 valence electrons. The van der Waals surface area contributed by atoms with Crippen LogP contribution in [0.25, 0.3) is 0 Å². The quantitative estimate of drug-likeness (QED) is 0.823. The van der Waals surface area contributed by atoms with Crippen molar-refractivity contribution in [3.05, 3.63) is 22.7 Å². The summed E-state index contributed by atoms with van der Waals surface area (Å²) in [5.41, 5.74) is 6.02. The number of halogens is 1. The van der Waals surface area contributed by atoms with Crippen molar-refractivity contribution in [1.29, 1.82) is 0 Å². The molecule has 6 heteroatoms. The molecule has 2 atom stereocenters. The van der Waals surface area contributed by atoms with Gasteiger partial charge in [-0.1, -0.05) is 35.7 Å². The van der Waals surface area contributed by atoms with E-state index in [1.165, 1.54) is 18.9 Å². The average Bonchev–Trinajstić information content (AvgIpc) is 2.75. The fourth-order valence-electron chi connectivity index (χ4n) is 2.56. The highest BCUT2D eigenvalue weighted by Gasteiger charge is 2.26. The molecule has 1 aromatic carbocycles. The second kappa shape index (κ2) is 5.81. The van der Waals surface area contributed by atoms with Gasteiger partial charge in [0.1, 0.15) is 4.90 Å². The third-order valence-electron chi connectivity index (χ3n) is 3.84. The van der Waals surface area contributed by atoms with Crippen molar-refractivity contribution >= 4 is 31.6 Å². The molecule has 0 radical (unpaired) electrons. The van der Waals surface area contributed by atoms with Crippen LogP contribution in [0.5, 0.6) is 0 Å². The summed E-state index contributed by atoms with van der Waals surface area (Å²) in [4.78, 5) is 0.146. The maximum absolute atomic E-state index is 12.3.